The van der Waals surface area contributed by atoms with Gasteiger partial charge in [0.05, 0.1) is 15.1 Å². The quantitative estimate of drug-likeness (QED) is 0.684. The third kappa shape index (κ3) is 3.64. The molecule has 0 radical (unpaired) electrons. The van der Waals surface area contributed by atoms with Crippen molar-refractivity contribution in [1.29, 1.82) is 0 Å². The lowest BCUT2D eigenvalue weighted by molar-refractivity contribution is 0.0962. The number of nitrogens with zero attached hydrogens (tertiary/aromatic N) is 1. The molecule has 2 N–H and O–H groups in total. The Hall–Kier alpha value is -2.45. The number of aromatic nitrogens is 1. The number of nitrogens with one attached hydrogen (secondary N) is 2. The molecule has 1 heterocycles. The van der Waals surface area contributed by atoms with Crippen LogP contribution >= 0.6 is 11.3 Å². The van der Waals surface area contributed by atoms with Crippen molar-refractivity contribution in [3.63, 3.8) is 0 Å². The van der Waals surface area contributed by atoms with Crippen LogP contribution in [-0.4, -0.2) is 25.6 Å². The van der Waals surface area contributed by atoms with E-state index in [1.54, 1.807) is 6.07 Å². The Labute approximate surface area is 149 Å². The highest BCUT2D eigenvalue weighted by Gasteiger charge is 2.13. The molecule has 0 unspecified atom stereocenters. The first-order valence-corrected chi connectivity index (χ1v) is 10.2. The van der Waals surface area contributed by atoms with Gasteiger partial charge in [-0.05, 0) is 43.2 Å². The fourth-order valence-corrected chi connectivity index (χ4v) is 3.99. The Balaban J connectivity index is 1.79. The number of hydrogen-bond acceptors (Lipinski definition) is 6. The van der Waals surface area contributed by atoms with Crippen molar-refractivity contribution in [3.05, 3.63) is 53.1 Å². The van der Waals surface area contributed by atoms with Crippen LogP contribution in [0.25, 0.3) is 10.2 Å². The molecule has 1 amide bonds. The van der Waals surface area contributed by atoms with Crippen LogP contribution in [0.2, 0.25) is 0 Å². The maximum Gasteiger partial charge on any atom is 0.269 e. The van der Waals surface area contributed by atoms with Gasteiger partial charge >= 0.3 is 0 Å². The van der Waals surface area contributed by atoms with Gasteiger partial charge in [-0.1, -0.05) is 29.5 Å². The maximum atomic E-state index is 12.3. The molecule has 0 saturated carbocycles. The molecule has 0 fully saturated rings. The Morgan fingerprint density at radius 2 is 1.84 bits per heavy atom. The zero-order valence-electron chi connectivity index (χ0n) is 14.0. The van der Waals surface area contributed by atoms with E-state index in [1.807, 2.05) is 26.0 Å². The second-order valence-electron chi connectivity index (χ2n) is 5.78. The van der Waals surface area contributed by atoms with Crippen molar-refractivity contribution >= 4 is 42.4 Å². The Morgan fingerprint density at radius 3 is 2.52 bits per heavy atom. The first-order valence-electron chi connectivity index (χ1n) is 7.49. The van der Waals surface area contributed by atoms with Gasteiger partial charge in [-0.3, -0.25) is 15.6 Å². The predicted octanol–water partition coefficient (Wildman–Crippen LogP) is 3.07. The first-order chi connectivity index (χ1) is 11.8. The molecule has 0 bridgehead atoms. The molecular weight excluding hydrogens is 358 g/mol. The number of thiazole rings is 1. The van der Waals surface area contributed by atoms with Gasteiger partial charge < -0.3 is 0 Å². The molecule has 25 heavy (non-hydrogen) atoms. The zero-order valence-corrected chi connectivity index (χ0v) is 15.6. The van der Waals surface area contributed by atoms with Crippen molar-refractivity contribution in [2.24, 2.45) is 0 Å². The molecule has 8 heteroatoms. The van der Waals surface area contributed by atoms with Crippen molar-refractivity contribution < 1.29 is 13.2 Å². The van der Waals surface area contributed by atoms with Crippen LogP contribution in [0.1, 0.15) is 21.5 Å². The summed E-state index contributed by atoms with van der Waals surface area (Å²) in [6.45, 7) is 4.00. The molecule has 0 atom stereocenters. The summed E-state index contributed by atoms with van der Waals surface area (Å²) < 4.78 is 24.3. The average Bonchev–Trinajstić information content (AvgIpc) is 3.01. The molecule has 3 rings (SSSR count). The van der Waals surface area contributed by atoms with Crippen LogP contribution in [0.3, 0.4) is 0 Å². The van der Waals surface area contributed by atoms with E-state index in [0.717, 1.165) is 27.6 Å². The van der Waals surface area contributed by atoms with Crippen LogP contribution in [0.5, 0.6) is 0 Å². The highest BCUT2D eigenvalue weighted by Crippen LogP contribution is 2.30. The molecule has 130 valence electrons. The molecular formula is C17H17N3O3S2. The van der Waals surface area contributed by atoms with Gasteiger partial charge in [-0.15, -0.1) is 0 Å². The average molecular weight is 375 g/mol. The number of fused-ring (bicyclic) bond motifs is 1. The van der Waals surface area contributed by atoms with Gasteiger partial charge in [0.2, 0.25) is 5.13 Å². The van der Waals surface area contributed by atoms with E-state index in [9.17, 15) is 13.2 Å². The van der Waals surface area contributed by atoms with Gasteiger partial charge in [0.15, 0.2) is 9.84 Å². The van der Waals surface area contributed by atoms with Crippen molar-refractivity contribution in [3.8, 4) is 0 Å². The number of amides is 1. The van der Waals surface area contributed by atoms with Crippen LogP contribution < -0.4 is 10.9 Å². The molecule has 6 nitrogen and oxygen atoms in total. The van der Waals surface area contributed by atoms with Crippen LogP contribution in [0.15, 0.2) is 41.3 Å². The van der Waals surface area contributed by atoms with Gasteiger partial charge in [-0.2, -0.15) is 0 Å². The van der Waals surface area contributed by atoms with E-state index >= 15 is 0 Å². The summed E-state index contributed by atoms with van der Waals surface area (Å²) in [6, 6.07) is 9.94. The minimum Gasteiger partial charge on any atom is -0.273 e. The molecule has 0 aliphatic rings. The fourth-order valence-electron chi connectivity index (χ4n) is 2.36. The van der Waals surface area contributed by atoms with E-state index in [-0.39, 0.29) is 10.5 Å². The van der Waals surface area contributed by atoms with Crippen molar-refractivity contribution in [2.75, 3.05) is 11.7 Å². The second-order valence-corrected chi connectivity index (χ2v) is 8.79. The summed E-state index contributed by atoms with van der Waals surface area (Å²) in [5.74, 6) is -0.432. The number of rotatable bonds is 4. The van der Waals surface area contributed by atoms with Crippen LogP contribution in [-0.2, 0) is 9.84 Å². The van der Waals surface area contributed by atoms with E-state index in [4.69, 9.17) is 0 Å². The topological polar surface area (TPSA) is 88.2 Å². The number of anilines is 1. The number of benzene rings is 2. The summed E-state index contributed by atoms with van der Waals surface area (Å²) in [6.07, 6.45) is 1.11. The minimum absolute atomic E-state index is 0.103. The largest absolute Gasteiger partial charge is 0.273 e. The van der Waals surface area contributed by atoms with E-state index in [1.165, 1.54) is 29.5 Å². The van der Waals surface area contributed by atoms with E-state index in [0.29, 0.717) is 5.13 Å². The highest BCUT2D eigenvalue weighted by molar-refractivity contribution is 7.90. The number of hydrazine groups is 1. The Kier molecular flexibility index (Phi) is 4.49. The van der Waals surface area contributed by atoms with Crippen LogP contribution in [0.4, 0.5) is 5.13 Å². The molecule has 2 aromatic carbocycles. The van der Waals surface area contributed by atoms with E-state index < -0.39 is 15.7 Å². The molecule has 0 aliphatic carbocycles. The second kappa shape index (κ2) is 6.45. The fraction of sp³-hybridized carbons (Fsp3) is 0.176. The lowest BCUT2D eigenvalue weighted by Crippen LogP contribution is -2.29. The Morgan fingerprint density at radius 1 is 1.12 bits per heavy atom. The summed E-state index contributed by atoms with van der Waals surface area (Å²) in [4.78, 5) is 16.9. The monoisotopic (exact) mass is 375 g/mol. The zero-order chi connectivity index (χ0) is 18.2. The SMILES string of the molecule is Cc1ccc(C)c2sc(NNC(=O)c3cccc(S(C)(=O)=O)c3)nc12. The number of carbonyl (C=O) groups excluding carboxylic acids is 1. The van der Waals surface area contributed by atoms with Gasteiger partial charge in [-0.25, -0.2) is 13.4 Å². The van der Waals surface area contributed by atoms with Gasteiger partial charge in [0, 0.05) is 11.8 Å². The van der Waals surface area contributed by atoms with Gasteiger partial charge in [0.1, 0.15) is 0 Å². The predicted molar refractivity (Wildman–Crippen MR) is 99.7 cm³/mol. The maximum absolute atomic E-state index is 12.3. The number of aryl methyl sites for hydroxylation is 2. The highest BCUT2D eigenvalue weighted by atomic mass is 32.2. The molecule has 0 saturated heterocycles. The molecule has 0 aliphatic heterocycles. The standard InChI is InChI=1S/C17H17N3O3S2/c1-10-7-8-11(2)15-14(10)18-17(24-15)20-19-16(21)12-5-4-6-13(9-12)25(3,22)23/h4-9H,1-3H3,(H,18,20)(H,19,21). The number of hydrogen-bond donors (Lipinski definition) is 2. The van der Waals surface area contributed by atoms with Gasteiger partial charge in [0.25, 0.3) is 5.91 Å². The molecule has 1 aromatic heterocycles. The third-order valence-electron chi connectivity index (χ3n) is 3.75. The summed E-state index contributed by atoms with van der Waals surface area (Å²) in [5, 5.41) is 0.569. The third-order valence-corrected chi connectivity index (χ3v) is 5.97. The minimum atomic E-state index is -3.36. The Bertz CT molecular complexity index is 1030. The lowest BCUT2D eigenvalue weighted by Gasteiger charge is -2.06. The smallest absolute Gasteiger partial charge is 0.269 e. The van der Waals surface area contributed by atoms with Crippen LogP contribution in [0, 0.1) is 13.8 Å². The molecule has 0 spiro atoms. The summed E-state index contributed by atoms with van der Waals surface area (Å²) in [7, 11) is -3.36. The van der Waals surface area contributed by atoms with Crippen molar-refractivity contribution in [1.82, 2.24) is 10.4 Å². The first kappa shape index (κ1) is 17.4. The van der Waals surface area contributed by atoms with E-state index in [2.05, 4.69) is 15.8 Å². The summed E-state index contributed by atoms with van der Waals surface area (Å²) >= 11 is 1.45. The summed E-state index contributed by atoms with van der Waals surface area (Å²) in [5.41, 5.74) is 8.71. The molecule has 3 aromatic rings. The number of carbonyl (C=O) groups is 1. The normalized spacial score (nSPS) is 11.5. The van der Waals surface area contributed by atoms with Crippen molar-refractivity contribution in [2.45, 2.75) is 18.7 Å². The lowest BCUT2D eigenvalue weighted by atomic mass is 10.1. The number of sulfone groups is 1.